The molecule has 0 unspecified atom stereocenters. The minimum Gasteiger partial charge on any atom is -0.497 e. The molecule has 0 saturated carbocycles. The van der Waals surface area contributed by atoms with Gasteiger partial charge in [0, 0.05) is 26.2 Å². The van der Waals surface area contributed by atoms with Crippen molar-refractivity contribution in [3.63, 3.8) is 0 Å². The van der Waals surface area contributed by atoms with Crippen molar-refractivity contribution in [2.75, 3.05) is 46.5 Å². The molecule has 2 atom stereocenters. The van der Waals surface area contributed by atoms with Gasteiger partial charge in [-0.3, -0.25) is 9.59 Å². The summed E-state index contributed by atoms with van der Waals surface area (Å²) < 4.78 is 16.2. The Kier molecular flexibility index (Phi) is 6.55. The van der Waals surface area contributed by atoms with Gasteiger partial charge in [-0.25, -0.2) is 0 Å². The molecule has 0 spiro atoms. The molecule has 7 nitrogen and oxygen atoms in total. The predicted molar refractivity (Wildman–Crippen MR) is 99.8 cm³/mol. The Bertz CT molecular complexity index is 642. The fourth-order valence-electron chi connectivity index (χ4n) is 3.59. The molecule has 1 aromatic carbocycles. The maximum Gasteiger partial charge on any atom is 0.263 e. The third-order valence-corrected chi connectivity index (χ3v) is 5.13. The van der Waals surface area contributed by atoms with E-state index in [1.807, 2.05) is 4.90 Å². The molecule has 2 aliphatic rings. The second-order valence-corrected chi connectivity index (χ2v) is 7.00. The Morgan fingerprint density at radius 3 is 2.41 bits per heavy atom. The van der Waals surface area contributed by atoms with Gasteiger partial charge >= 0.3 is 0 Å². The van der Waals surface area contributed by atoms with Crippen molar-refractivity contribution in [3.05, 3.63) is 24.3 Å². The predicted octanol–water partition coefficient (Wildman–Crippen LogP) is 1.56. The third kappa shape index (κ3) is 4.91. The smallest absolute Gasteiger partial charge is 0.263 e. The van der Waals surface area contributed by atoms with Crippen LogP contribution in [-0.2, 0) is 14.3 Å². The van der Waals surface area contributed by atoms with Crippen LogP contribution in [0.4, 0.5) is 0 Å². The monoisotopic (exact) mass is 376 g/mol. The zero-order chi connectivity index (χ0) is 19.2. The summed E-state index contributed by atoms with van der Waals surface area (Å²) in [5, 5.41) is 0. The van der Waals surface area contributed by atoms with Crippen molar-refractivity contribution in [2.24, 2.45) is 5.92 Å². The molecule has 0 N–H and O–H groups in total. The molecule has 148 valence electrons. The number of rotatable bonds is 5. The van der Waals surface area contributed by atoms with E-state index in [4.69, 9.17) is 14.2 Å². The van der Waals surface area contributed by atoms with Crippen LogP contribution in [0.3, 0.4) is 0 Å². The summed E-state index contributed by atoms with van der Waals surface area (Å²) in [6.07, 6.45) is 1.06. The molecule has 1 aromatic rings. The minimum absolute atomic E-state index is 0.0784. The third-order valence-electron chi connectivity index (χ3n) is 5.13. The van der Waals surface area contributed by atoms with Gasteiger partial charge in [0.1, 0.15) is 11.5 Å². The van der Waals surface area contributed by atoms with Crippen LogP contribution in [-0.4, -0.2) is 74.2 Å². The van der Waals surface area contributed by atoms with Crippen LogP contribution in [0.2, 0.25) is 0 Å². The number of ether oxygens (including phenoxy) is 3. The van der Waals surface area contributed by atoms with E-state index in [0.29, 0.717) is 45.1 Å². The first-order valence-corrected chi connectivity index (χ1v) is 9.54. The van der Waals surface area contributed by atoms with Gasteiger partial charge in [0.15, 0.2) is 6.10 Å². The van der Waals surface area contributed by atoms with Gasteiger partial charge in [0.2, 0.25) is 5.91 Å². The van der Waals surface area contributed by atoms with Gasteiger partial charge in [-0.05, 0) is 44.0 Å². The van der Waals surface area contributed by atoms with Gasteiger partial charge in [-0.2, -0.15) is 0 Å². The van der Waals surface area contributed by atoms with Gasteiger partial charge in [-0.1, -0.05) is 0 Å². The number of likely N-dealkylation sites (tertiary alicyclic amines) is 1. The second-order valence-electron chi connectivity index (χ2n) is 7.00. The Morgan fingerprint density at radius 2 is 1.74 bits per heavy atom. The first kappa shape index (κ1) is 19.5. The van der Waals surface area contributed by atoms with Crippen molar-refractivity contribution in [1.82, 2.24) is 9.80 Å². The number of amides is 2. The lowest BCUT2D eigenvalue weighted by molar-refractivity contribution is -0.146. The number of methoxy groups -OCH3 is 1. The summed E-state index contributed by atoms with van der Waals surface area (Å²) in [6.45, 7) is 5.34. The zero-order valence-electron chi connectivity index (χ0n) is 16.1. The molecule has 0 aromatic heterocycles. The first-order chi connectivity index (χ1) is 13.1. The number of nitrogens with zero attached hydrogens (tertiary/aromatic N) is 2. The SMILES string of the molecule is COc1ccc(O[C@H](C)C(=O)N2CCC[C@H](C(=O)N3CCOCC3)C2)cc1. The molecular weight excluding hydrogens is 348 g/mol. The van der Waals surface area contributed by atoms with E-state index in [0.717, 1.165) is 18.6 Å². The van der Waals surface area contributed by atoms with Crippen molar-refractivity contribution in [2.45, 2.75) is 25.9 Å². The normalized spacial score (nSPS) is 21.5. The topological polar surface area (TPSA) is 68.3 Å². The number of morpholine rings is 1. The Labute approximate surface area is 160 Å². The molecule has 2 fully saturated rings. The van der Waals surface area contributed by atoms with Gasteiger partial charge in [0.05, 0.1) is 26.2 Å². The van der Waals surface area contributed by atoms with Crippen LogP contribution >= 0.6 is 0 Å². The van der Waals surface area contributed by atoms with Crippen LogP contribution < -0.4 is 9.47 Å². The van der Waals surface area contributed by atoms with Crippen molar-refractivity contribution < 1.29 is 23.8 Å². The van der Waals surface area contributed by atoms with Crippen molar-refractivity contribution in [1.29, 1.82) is 0 Å². The van der Waals surface area contributed by atoms with E-state index in [2.05, 4.69) is 0 Å². The van der Waals surface area contributed by atoms with E-state index in [-0.39, 0.29) is 17.7 Å². The summed E-state index contributed by atoms with van der Waals surface area (Å²) >= 11 is 0. The fraction of sp³-hybridized carbons (Fsp3) is 0.600. The largest absolute Gasteiger partial charge is 0.497 e. The fourth-order valence-corrected chi connectivity index (χ4v) is 3.59. The first-order valence-electron chi connectivity index (χ1n) is 9.54. The van der Waals surface area contributed by atoms with Crippen LogP contribution in [0.25, 0.3) is 0 Å². The molecule has 3 rings (SSSR count). The maximum absolute atomic E-state index is 12.8. The average molecular weight is 376 g/mol. The van der Waals surface area contributed by atoms with Gasteiger partial charge in [0.25, 0.3) is 5.91 Å². The molecular formula is C20H28N2O5. The number of hydrogen-bond acceptors (Lipinski definition) is 5. The highest BCUT2D eigenvalue weighted by atomic mass is 16.5. The zero-order valence-corrected chi connectivity index (χ0v) is 16.1. The minimum atomic E-state index is -0.601. The molecule has 0 radical (unpaired) electrons. The molecule has 2 aliphatic heterocycles. The van der Waals surface area contributed by atoms with Crippen LogP contribution in [0.15, 0.2) is 24.3 Å². The van der Waals surface area contributed by atoms with Crippen LogP contribution in [0, 0.1) is 5.92 Å². The van der Waals surface area contributed by atoms with Crippen molar-refractivity contribution >= 4 is 11.8 Å². The van der Waals surface area contributed by atoms with Crippen LogP contribution in [0.5, 0.6) is 11.5 Å². The number of benzene rings is 1. The lowest BCUT2D eigenvalue weighted by atomic mass is 9.96. The molecule has 2 heterocycles. The van der Waals surface area contributed by atoms with E-state index < -0.39 is 6.10 Å². The molecule has 7 heteroatoms. The van der Waals surface area contributed by atoms with Gasteiger partial charge in [-0.15, -0.1) is 0 Å². The molecule has 2 saturated heterocycles. The highest BCUT2D eigenvalue weighted by Crippen LogP contribution is 2.22. The summed E-state index contributed by atoms with van der Waals surface area (Å²) in [6, 6.07) is 7.15. The quantitative estimate of drug-likeness (QED) is 0.780. The highest BCUT2D eigenvalue weighted by Gasteiger charge is 2.33. The lowest BCUT2D eigenvalue weighted by Gasteiger charge is -2.37. The summed E-state index contributed by atoms with van der Waals surface area (Å²) in [4.78, 5) is 29.2. The maximum atomic E-state index is 12.8. The Morgan fingerprint density at radius 1 is 1.07 bits per heavy atom. The van der Waals surface area contributed by atoms with E-state index in [1.54, 1.807) is 43.2 Å². The number of piperidine rings is 1. The van der Waals surface area contributed by atoms with E-state index in [1.165, 1.54) is 0 Å². The van der Waals surface area contributed by atoms with Crippen LogP contribution in [0.1, 0.15) is 19.8 Å². The average Bonchev–Trinajstić information content (AvgIpc) is 2.74. The highest BCUT2D eigenvalue weighted by molar-refractivity contribution is 5.83. The Hall–Kier alpha value is -2.28. The molecule has 0 aliphatic carbocycles. The molecule has 2 amide bonds. The van der Waals surface area contributed by atoms with Crippen molar-refractivity contribution in [3.8, 4) is 11.5 Å². The number of hydrogen-bond donors (Lipinski definition) is 0. The Balaban J connectivity index is 1.55. The van der Waals surface area contributed by atoms with Gasteiger partial charge < -0.3 is 24.0 Å². The lowest BCUT2D eigenvalue weighted by Crippen LogP contribution is -2.51. The number of carbonyl (C=O) groups is 2. The summed E-state index contributed by atoms with van der Waals surface area (Å²) in [5.74, 6) is 1.29. The van der Waals surface area contributed by atoms with E-state index in [9.17, 15) is 9.59 Å². The molecule has 27 heavy (non-hydrogen) atoms. The summed E-state index contributed by atoms with van der Waals surface area (Å²) in [5.41, 5.74) is 0. The summed E-state index contributed by atoms with van der Waals surface area (Å²) in [7, 11) is 1.60. The number of carbonyl (C=O) groups excluding carboxylic acids is 2. The molecule has 0 bridgehead atoms. The second kappa shape index (κ2) is 9.08. The standard InChI is InChI=1S/C20H28N2O5/c1-15(27-18-7-5-17(25-2)6-8-18)19(23)22-9-3-4-16(14-22)20(24)21-10-12-26-13-11-21/h5-8,15-16H,3-4,9-14H2,1-2H3/t15-,16+/m1/s1. The van der Waals surface area contributed by atoms with E-state index >= 15 is 0 Å².